The Balaban J connectivity index is 1.56. The van der Waals surface area contributed by atoms with E-state index in [-0.39, 0.29) is 11.3 Å². The van der Waals surface area contributed by atoms with Gasteiger partial charge in [0, 0.05) is 12.5 Å². The molecule has 5 heteroatoms. The van der Waals surface area contributed by atoms with Crippen LogP contribution in [0.4, 0.5) is 22.7 Å². The molecule has 1 N–H and O–H groups in total. The molecule has 1 aliphatic heterocycles. The second-order valence-corrected chi connectivity index (χ2v) is 11.1. The lowest BCUT2D eigenvalue weighted by atomic mass is 9.92. The van der Waals surface area contributed by atoms with Crippen LogP contribution in [0.2, 0.25) is 0 Å². The van der Waals surface area contributed by atoms with E-state index < -0.39 is 18.6 Å². The number of aromatic hydroxyl groups is 1. The second kappa shape index (κ2) is 10.7. The third-order valence-electron chi connectivity index (χ3n) is 8.12. The minimum Gasteiger partial charge on any atom is -0.507 e. The highest BCUT2D eigenvalue weighted by atomic mass is 16.3. The molecule has 0 saturated heterocycles. The zero-order chi connectivity index (χ0) is 34.0. The average molecular weight is 570 g/mol. The molecule has 214 valence electrons. The average Bonchev–Trinajstić information content (AvgIpc) is 3.63. The molecule has 1 atom stereocenters. The number of para-hydroxylation sites is 6. The first kappa shape index (κ1) is 21.6. The molecule has 0 saturated carbocycles. The second-order valence-electron chi connectivity index (χ2n) is 11.1. The van der Waals surface area contributed by atoms with Gasteiger partial charge in [-0.15, -0.1) is 0 Å². The van der Waals surface area contributed by atoms with E-state index in [0.717, 1.165) is 22.7 Å². The Labute approximate surface area is 260 Å². The number of fused-ring (bicyclic) bond motifs is 2. The third-order valence-corrected chi connectivity index (χ3v) is 8.12. The fraction of sp³-hybridized carbons (Fsp3) is 0.184. The largest absolute Gasteiger partial charge is 0.507 e. The van der Waals surface area contributed by atoms with E-state index in [4.69, 9.17) is 10.5 Å². The quantitative estimate of drug-likeness (QED) is 0.217. The van der Waals surface area contributed by atoms with Crippen LogP contribution in [-0.2, 0) is 0 Å². The number of hydrogen-bond donors (Lipinski definition) is 1. The lowest BCUT2D eigenvalue weighted by Gasteiger charge is -2.23. The summed E-state index contributed by atoms with van der Waals surface area (Å²) >= 11 is 0. The molecule has 43 heavy (non-hydrogen) atoms. The highest BCUT2D eigenvalue weighted by Crippen LogP contribution is 2.47. The molecular formula is C38H36N4O. The molecule has 5 aromatic carbocycles. The number of anilines is 4. The minimum absolute atomic E-state index is 0.00555. The van der Waals surface area contributed by atoms with Crippen LogP contribution in [-0.4, -0.2) is 21.3 Å². The van der Waals surface area contributed by atoms with E-state index in [1.807, 2.05) is 59.2 Å². The maximum Gasteiger partial charge on any atom is 0.149 e. The Morgan fingerprint density at radius 2 is 1.33 bits per heavy atom. The van der Waals surface area contributed by atoms with E-state index in [2.05, 4.69) is 34.1 Å². The first-order chi connectivity index (χ1) is 22.8. The van der Waals surface area contributed by atoms with E-state index in [1.54, 1.807) is 50.2 Å². The zero-order valence-electron chi connectivity index (χ0n) is 29.4. The van der Waals surface area contributed by atoms with Crippen LogP contribution < -0.4 is 9.80 Å². The molecule has 5 nitrogen and oxygen atoms in total. The highest BCUT2D eigenvalue weighted by Gasteiger charge is 2.31. The van der Waals surface area contributed by atoms with Gasteiger partial charge in [-0.3, -0.25) is 4.57 Å². The number of imidazole rings is 1. The van der Waals surface area contributed by atoms with E-state index in [1.165, 1.54) is 6.92 Å². The van der Waals surface area contributed by atoms with Crippen molar-refractivity contribution in [2.45, 2.75) is 39.4 Å². The molecule has 0 spiro atoms. The normalized spacial score (nSPS) is 16.6. The molecule has 1 aromatic heterocycles. The molecule has 0 fully saturated rings. The van der Waals surface area contributed by atoms with Crippen molar-refractivity contribution in [1.82, 2.24) is 9.55 Å². The number of phenolic OH excluding ortho intramolecular Hbond substituents is 1. The van der Waals surface area contributed by atoms with Crippen LogP contribution in [0.15, 0.2) is 115 Å². The summed E-state index contributed by atoms with van der Waals surface area (Å²) < 4.78 is 45.3. The fourth-order valence-electron chi connectivity index (χ4n) is 6.11. The number of nitrogens with zero attached hydrogens (tertiary/aromatic N) is 4. The summed E-state index contributed by atoms with van der Waals surface area (Å²) in [5.74, 6) is -2.82. The summed E-state index contributed by atoms with van der Waals surface area (Å²) in [5, 5.41) is 11.2. The maximum absolute atomic E-state index is 11.2. The van der Waals surface area contributed by atoms with Gasteiger partial charge in [0.2, 0.25) is 0 Å². The van der Waals surface area contributed by atoms with Gasteiger partial charge < -0.3 is 14.9 Å². The standard InChI is InChI=1S/C38H36N4O/c1-25(2)28-17-12-18-29(26(3)4)37(28)42-34-22-13-21-33(36(34)39-38(42)30-16-8-11-23-35(30)43)41-24-40(27-14-6-5-7-15-27)31-19-9-10-20-32(31)41/h5-23,25-26,43H,24H2,1-4H3/i1D3,25D,26D. The number of hydrogen-bond acceptors (Lipinski definition) is 4. The van der Waals surface area contributed by atoms with Gasteiger partial charge in [-0.1, -0.05) is 94.4 Å². The highest BCUT2D eigenvalue weighted by molar-refractivity contribution is 5.99. The summed E-state index contributed by atoms with van der Waals surface area (Å²) in [6, 6.07) is 36.3. The van der Waals surface area contributed by atoms with Crippen LogP contribution in [0.3, 0.4) is 0 Å². The lowest BCUT2D eigenvalue weighted by molar-refractivity contribution is 0.477. The van der Waals surface area contributed by atoms with Crippen molar-refractivity contribution < 1.29 is 12.0 Å². The van der Waals surface area contributed by atoms with Gasteiger partial charge in [0.25, 0.3) is 0 Å². The van der Waals surface area contributed by atoms with Crippen LogP contribution in [0.25, 0.3) is 28.1 Å². The molecule has 1 unspecified atom stereocenters. The van der Waals surface area contributed by atoms with Gasteiger partial charge in [-0.05, 0) is 71.4 Å². The van der Waals surface area contributed by atoms with Crippen molar-refractivity contribution in [2.75, 3.05) is 16.5 Å². The molecule has 6 aromatic rings. The summed E-state index contributed by atoms with van der Waals surface area (Å²) in [6.07, 6.45) is 0. The zero-order valence-corrected chi connectivity index (χ0v) is 24.4. The van der Waals surface area contributed by atoms with Gasteiger partial charge >= 0.3 is 0 Å². The SMILES string of the molecule is [2H]C(C)(C)c1cccc(C([2H])(C)C([2H])([2H])[2H])c1-n1c(-c2ccccc2O)nc2c(N3CN(c4ccccc4)c4ccccc43)cccc21. The molecule has 1 aliphatic rings. The third kappa shape index (κ3) is 4.43. The van der Waals surface area contributed by atoms with Crippen molar-refractivity contribution in [2.24, 2.45) is 0 Å². The van der Waals surface area contributed by atoms with Crippen LogP contribution in [0.5, 0.6) is 5.75 Å². The van der Waals surface area contributed by atoms with Crippen LogP contribution >= 0.6 is 0 Å². The van der Waals surface area contributed by atoms with Gasteiger partial charge in [-0.2, -0.15) is 0 Å². The van der Waals surface area contributed by atoms with Crippen molar-refractivity contribution in [3.8, 4) is 22.8 Å². The molecule has 7 rings (SSSR count). The van der Waals surface area contributed by atoms with Gasteiger partial charge in [-0.25, -0.2) is 4.98 Å². The van der Waals surface area contributed by atoms with Gasteiger partial charge in [0.15, 0.2) is 0 Å². The molecule has 0 radical (unpaired) electrons. The Kier molecular flexibility index (Phi) is 5.37. The number of benzene rings is 5. The van der Waals surface area contributed by atoms with Crippen molar-refractivity contribution in [3.05, 3.63) is 126 Å². The minimum atomic E-state index is -2.68. The summed E-state index contributed by atoms with van der Waals surface area (Å²) in [4.78, 5) is 9.67. The first-order valence-electron chi connectivity index (χ1n) is 16.9. The monoisotopic (exact) mass is 569 g/mol. The van der Waals surface area contributed by atoms with E-state index >= 15 is 0 Å². The smallest absolute Gasteiger partial charge is 0.149 e. The predicted molar refractivity (Wildman–Crippen MR) is 178 cm³/mol. The van der Waals surface area contributed by atoms with Crippen LogP contribution in [0, 0.1) is 0 Å². The van der Waals surface area contributed by atoms with Crippen molar-refractivity contribution >= 4 is 33.8 Å². The molecule has 0 amide bonds. The van der Waals surface area contributed by atoms with Crippen LogP contribution in [0.1, 0.15) is 57.4 Å². The molecular weight excluding hydrogens is 528 g/mol. The summed E-state index contributed by atoms with van der Waals surface area (Å²) in [5.41, 5.74) is 6.82. The van der Waals surface area contributed by atoms with E-state index in [9.17, 15) is 6.48 Å². The Morgan fingerprint density at radius 1 is 0.698 bits per heavy atom. The fourth-order valence-corrected chi connectivity index (χ4v) is 6.11. The van der Waals surface area contributed by atoms with Crippen molar-refractivity contribution in [1.29, 1.82) is 0 Å². The predicted octanol–water partition coefficient (Wildman–Crippen LogP) is 9.89. The summed E-state index contributed by atoms with van der Waals surface area (Å²) in [6.45, 7) is 2.73. The van der Waals surface area contributed by atoms with Gasteiger partial charge in [0.1, 0.15) is 23.8 Å². The Morgan fingerprint density at radius 3 is 2.05 bits per heavy atom. The number of aromatic nitrogens is 2. The molecule has 0 bridgehead atoms. The maximum atomic E-state index is 11.2. The number of rotatable bonds is 6. The first-order valence-corrected chi connectivity index (χ1v) is 14.4. The molecule has 2 heterocycles. The Hall–Kier alpha value is -5.03. The van der Waals surface area contributed by atoms with Gasteiger partial charge in [0.05, 0.1) is 33.8 Å². The molecule has 0 aliphatic carbocycles. The van der Waals surface area contributed by atoms with Crippen molar-refractivity contribution in [3.63, 3.8) is 0 Å². The topological polar surface area (TPSA) is 44.5 Å². The Bertz CT molecular complexity index is 2150. The van der Waals surface area contributed by atoms with E-state index in [0.29, 0.717) is 40.3 Å². The summed E-state index contributed by atoms with van der Waals surface area (Å²) in [7, 11) is 0. The lowest BCUT2D eigenvalue weighted by Crippen LogP contribution is -2.24. The number of phenols is 1.